The number of amides is 1. The SMILES string of the molecule is CCN(CC)C(=O)C[NH+]1CC[NH2+]CC1. The van der Waals surface area contributed by atoms with Crippen LogP contribution in [0.25, 0.3) is 0 Å². The lowest BCUT2D eigenvalue weighted by Gasteiger charge is -2.25. The van der Waals surface area contributed by atoms with E-state index in [9.17, 15) is 4.79 Å². The van der Waals surface area contributed by atoms with Gasteiger partial charge in [0.25, 0.3) is 5.91 Å². The number of nitrogens with one attached hydrogen (secondary N) is 1. The van der Waals surface area contributed by atoms with Crippen molar-refractivity contribution in [2.24, 2.45) is 0 Å². The van der Waals surface area contributed by atoms with Gasteiger partial charge in [-0.1, -0.05) is 0 Å². The van der Waals surface area contributed by atoms with E-state index in [1.165, 1.54) is 18.0 Å². The molecule has 0 atom stereocenters. The molecule has 0 bridgehead atoms. The van der Waals surface area contributed by atoms with E-state index < -0.39 is 0 Å². The second-order valence-corrected chi connectivity index (χ2v) is 3.86. The van der Waals surface area contributed by atoms with Gasteiger partial charge in [-0.15, -0.1) is 0 Å². The average Bonchev–Trinajstić information content (AvgIpc) is 2.21. The monoisotopic (exact) mass is 201 g/mol. The fraction of sp³-hybridized carbons (Fsp3) is 0.900. The van der Waals surface area contributed by atoms with Crippen molar-refractivity contribution in [1.29, 1.82) is 0 Å². The quantitative estimate of drug-likeness (QED) is 0.511. The molecule has 14 heavy (non-hydrogen) atoms. The Labute approximate surface area is 86.2 Å². The second-order valence-electron chi connectivity index (χ2n) is 3.86. The number of carbonyl (C=O) groups is 1. The molecule has 4 heteroatoms. The minimum absolute atomic E-state index is 0.312. The van der Waals surface area contributed by atoms with Gasteiger partial charge < -0.3 is 15.1 Å². The number of piperazine rings is 1. The summed E-state index contributed by atoms with van der Waals surface area (Å²) in [7, 11) is 0. The first kappa shape index (κ1) is 11.5. The van der Waals surface area contributed by atoms with Crippen molar-refractivity contribution in [2.45, 2.75) is 13.8 Å². The highest BCUT2D eigenvalue weighted by Gasteiger charge is 2.21. The maximum atomic E-state index is 11.8. The number of hydrogen-bond acceptors (Lipinski definition) is 1. The van der Waals surface area contributed by atoms with E-state index in [2.05, 4.69) is 5.32 Å². The predicted octanol–water partition coefficient (Wildman–Crippen LogP) is -2.68. The molecule has 0 saturated carbocycles. The summed E-state index contributed by atoms with van der Waals surface area (Å²) in [5.41, 5.74) is 0. The van der Waals surface area contributed by atoms with Crippen LogP contribution in [0.15, 0.2) is 0 Å². The zero-order valence-electron chi connectivity index (χ0n) is 9.38. The number of nitrogens with zero attached hydrogens (tertiary/aromatic N) is 1. The summed E-state index contributed by atoms with van der Waals surface area (Å²) in [6.45, 7) is 11.1. The highest BCUT2D eigenvalue weighted by atomic mass is 16.2. The van der Waals surface area contributed by atoms with E-state index in [-0.39, 0.29) is 0 Å². The van der Waals surface area contributed by atoms with Crippen LogP contribution in [0.5, 0.6) is 0 Å². The fourth-order valence-corrected chi connectivity index (χ4v) is 1.96. The molecule has 1 fully saturated rings. The molecule has 1 aliphatic heterocycles. The number of hydrogen-bond donors (Lipinski definition) is 2. The molecule has 1 amide bonds. The summed E-state index contributed by atoms with van der Waals surface area (Å²) in [5.74, 6) is 0.312. The van der Waals surface area contributed by atoms with Gasteiger partial charge in [0, 0.05) is 13.1 Å². The van der Waals surface area contributed by atoms with E-state index in [1.807, 2.05) is 18.7 Å². The molecular weight excluding hydrogens is 178 g/mol. The summed E-state index contributed by atoms with van der Waals surface area (Å²) in [6.07, 6.45) is 0. The molecule has 0 aliphatic carbocycles. The largest absolute Gasteiger partial charge is 0.338 e. The minimum atomic E-state index is 0.312. The minimum Gasteiger partial charge on any atom is -0.338 e. The lowest BCUT2D eigenvalue weighted by Crippen LogP contribution is -3.21. The molecule has 1 heterocycles. The van der Waals surface area contributed by atoms with E-state index in [0.29, 0.717) is 12.5 Å². The van der Waals surface area contributed by atoms with Gasteiger partial charge in [-0.3, -0.25) is 4.79 Å². The molecule has 0 aromatic heterocycles. The summed E-state index contributed by atoms with van der Waals surface area (Å²) in [5, 5.41) is 2.32. The van der Waals surface area contributed by atoms with Crippen LogP contribution in [-0.4, -0.2) is 56.6 Å². The van der Waals surface area contributed by atoms with E-state index in [4.69, 9.17) is 0 Å². The fourth-order valence-electron chi connectivity index (χ4n) is 1.96. The zero-order valence-corrected chi connectivity index (χ0v) is 9.38. The molecule has 0 aromatic carbocycles. The third kappa shape index (κ3) is 3.27. The van der Waals surface area contributed by atoms with Crippen molar-refractivity contribution < 1.29 is 15.0 Å². The Balaban J connectivity index is 2.30. The highest BCUT2D eigenvalue weighted by molar-refractivity contribution is 5.77. The molecule has 0 spiro atoms. The smallest absolute Gasteiger partial charge is 0.277 e. The maximum absolute atomic E-state index is 11.8. The van der Waals surface area contributed by atoms with Crippen LogP contribution < -0.4 is 10.2 Å². The van der Waals surface area contributed by atoms with Gasteiger partial charge in [0.15, 0.2) is 6.54 Å². The number of carbonyl (C=O) groups excluding carboxylic acids is 1. The molecule has 3 N–H and O–H groups in total. The number of nitrogens with two attached hydrogens (primary N) is 1. The molecule has 1 rings (SSSR count). The molecule has 4 nitrogen and oxygen atoms in total. The van der Waals surface area contributed by atoms with Gasteiger partial charge in [0.1, 0.15) is 26.2 Å². The third-order valence-electron chi connectivity index (χ3n) is 2.92. The molecule has 0 unspecified atom stereocenters. The Bertz CT molecular complexity index is 174. The number of quaternary nitrogens is 2. The molecule has 0 aromatic rings. The van der Waals surface area contributed by atoms with Crippen molar-refractivity contribution in [3.63, 3.8) is 0 Å². The highest BCUT2D eigenvalue weighted by Crippen LogP contribution is 1.85. The molecule has 1 saturated heterocycles. The van der Waals surface area contributed by atoms with Gasteiger partial charge in [-0.25, -0.2) is 0 Å². The first-order valence-electron chi connectivity index (χ1n) is 5.71. The van der Waals surface area contributed by atoms with Gasteiger partial charge >= 0.3 is 0 Å². The van der Waals surface area contributed by atoms with Crippen LogP contribution in [0.2, 0.25) is 0 Å². The van der Waals surface area contributed by atoms with Gasteiger partial charge in [-0.05, 0) is 13.8 Å². The Morgan fingerprint density at radius 3 is 2.36 bits per heavy atom. The third-order valence-corrected chi connectivity index (χ3v) is 2.92. The topological polar surface area (TPSA) is 41.4 Å². The average molecular weight is 201 g/mol. The molecule has 82 valence electrons. The summed E-state index contributed by atoms with van der Waals surface area (Å²) >= 11 is 0. The van der Waals surface area contributed by atoms with Gasteiger partial charge in [0.2, 0.25) is 0 Å². The predicted molar refractivity (Wildman–Crippen MR) is 55.2 cm³/mol. The summed E-state index contributed by atoms with van der Waals surface area (Å²) < 4.78 is 0. The van der Waals surface area contributed by atoms with Gasteiger partial charge in [-0.2, -0.15) is 0 Å². The van der Waals surface area contributed by atoms with Crippen molar-refractivity contribution in [3.05, 3.63) is 0 Å². The summed E-state index contributed by atoms with van der Waals surface area (Å²) in [6, 6.07) is 0. The molecule has 0 radical (unpaired) electrons. The normalized spacial score (nSPS) is 18.1. The number of rotatable bonds is 4. The second kappa shape index (κ2) is 5.98. The van der Waals surface area contributed by atoms with Crippen LogP contribution in [0.1, 0.15) is 13.8 Å². The Morgan fingerprint density at radius 1 is 1.29 bits per heavy atom. The standard InChI is InChI=1S/C10H21N3O/c1-3-13(4-2)10(14)9-12-7-5-11-6-8-12/h11H,3-9H2,1-2H3/p+2. The van der Waals surface area contributed by atoms with E-state index >= 15 is 0 Å². The first-order valence-corrected chi connectivity index (χ1v) is 5.71. The Kier molecular flexibility index (Phi) is 4.90. The Morgan fingerprint density at radius 2 is 1.86 bits per heavy atom. The van der Waals surface area contributed by atoms with Crippen LogP contribution in [-0.2, 0) is 4.79 Å². The van der Waals surface area contributed by atoms with Crippen molar-refractivity contribution in [3.8, 4) is 0 Å². The zero-order chi connectivity index (χ0) is 10.4. The Hall–Kier alpha value is -0.610. The summed E-state index contributed by atoms with van der Waals surface area (Å²) in [4.78, 5) is 15.1. The lowest BCUT2D eigenvalue weighted by molar-refractivity contribution is -0.940. The van der Waals surface area contributed by atoms with E-state index in [1.54, 1.807) is 0 Å². The van der Waals surface area contributed by atoms with Crippen molar-refractivity contribution in [2.75, 3.05) is 45.8 Å². The van der Waals surface area contributed by atoms with Crippen LogP contribution in [0.4, 0.5) is 0 Å². The first-order chi connectivity index (χ1) is 6.77. The molecule has 1 aliphatic rings. The number of likely N-dealkylation sites (N-methyl/N-ethyl adjacent to an activating group) is 1. The van der Waals surface area contributed by atoms with Crippen LogP contribution >= 0.6 is 0 Å². The van der Waals surface area contributed by atoms with Crippen molar-refractivity contribution >= 4 is 5.91 Å². The van der Waals surface area contributed by atoms with Gasteiger partial charge in [0.05, 0.1) is 0 Å². The van der Waals surface area contributed by atoms with Crippen molar-refractivity contribution in [1.82, 2.24) is 4.90 Å². The molecular formula is C10H23N3O+2. The van der Waals surface area contributed by atoms with E-state index in [0.717, 1.165) is 26.2 Å². The lowest BCUT2D eigenvalue weighted by atomic mass is 10.3. The maximum Gasteiger partial charge on any atom is 0.277 e. The van der Waals surface area contributed by atoms with Crippen LogP contribution in [0, 0.1) is 0 Å². The van der Waals surface area contributed by atoms with Crippen LogP contribution in [0.3, 0.4) is 0 Å².